The molecule has 2 rings (SSSR count). The average Bonchev–Trinajstić information content (AvgIpc) is 2.67. The largest absolute Gasteiger partial charge is 0.454 e. The third kappa shape index (κ3) is 6.02. The van der Waals surface area contributed by atoms with Crippen LogP contribution in [0.4, 0.5) is 5.69 Å². The molecule has 0 saturated carbocycles. The van der Waals surface area contributed by atoms with Gasteiger partial charge in [0.15, 0.2) is 15.9 Å². The second-order valence-electron chi connectivity index (χ2n) is 6.14. The predicted octanol–water partition coefficient (Wildman–Crippen LogP) is 2.62. The quantitative estimate of drug-likeness (QED) is 0.536. The summed E-state index contributed by atoms with van der Waals surface area (Å²) in [6.07, 6.45) is -1.41. The predicted molar refractivity (Wildman–Crippen MR) is 104 cm³/mol. The zero-order valence-corrected chi connectivity index (χ0v) is 16.4. The van der Waals surface area contributed by atoms with Crippen molar-refractivity contribution in [1.82, 2.24) is 0 Å². The summed E-state index contributed by atoms with van der Waals surface area (Å²) >= 11 is 0. The van der Waals surface area contributed by atoms with Crippen molar-refractivity contribution in [3.63, 3.8) is 0 Å². The standard InChI is InChI=1S/C20H21NO6S/c1-14(20(24)16-8-10-17(11-9-16)21-15(2)22)27-19(23)12-13-28(25,26)18-6-4-3-5-7-18/h3-11,14H,12-13H2,1-2H3,(H,21,22)/t14-/m0/s1. The topological polar surface area (TPSA) is 107 Å². The molecule has 0 aliphatic carbocycles. The second-order valence-corrected chi connectivity index (χ2v) is 8.25. The van der Waals surface area contributed by atoms with Crippen LogP contribution in [0, 0.1) is 0 Å². The monoisotopic (exact) mass is 403 g/mol. The summed E-state index contributed by atoms with van der Waals surface area (Å²) in [4.78, 5) is 35.4. The summed E-state index contributed by atoms with van der Waals surface area (Å²) in [6.45, 7) is 2.80. The first-order valence-electron chi connectivity index (χ1n) is 8.58. The fourth-order valence-corrected chi connectivity index (χ4v) is 3.67. The van der Waals surface area contributed by atoms with Gasteiger partial charge in [0, 0.05) is 18.2 Å². The highest BCUT2D eigenvalue weighted by Gasteiger charge is 2.22. The molecule has 0 bridgehead atoms. The second kappa shape index (κ2) is 9.27. The number of sulfone groups is 1. The maximum Gasteiger partial charge on any atom is 0.307 e. The van der Waals surface area contributed by atoms with Gasteiger partial charge in [-0.15, -0.1) is 0 Å². The molecule has 0 spiro atoms. The summed E-state index contributed by atoms with van der Waals surface area (Å²) in [5, 5.41) is 2.58. The minimum atomic E-state index is -3.60. The maximum atomic E-state index is 12.4. The Morgan fingerprint density at radius 1 is 1.00 bits per heavy atom. The van der Waals surface area contributed by atoms with Gasteiger partial charge in [0.1, 0.15) is 0 Å². The lowest BCUT2D eigenvalue weighted by Crippen LogP contribution is -2.25. The zero-order valence-electron chi connectivity index (χ0n) is 15.5. The van der Waals surface area contributed by atoms with Crippen LogP contribution in [0.1, 0.15) is 30.6 Å². The summed E-state index contributed by atoms with van der Waals surface area (Å²) in [5.74, 6) is -1.82. The Hall–Kier alpha value is -3.00. The van der Waals surface area contributed by atoms with Crippen LogP contribution < -0.4 is 5.32 Å². The molecule has 8 heteroatoms. The molecule has 2 aromatic rings. The molecular formula is C20H21NO6S. The molecule has 28 heavy (non-hydrogen) atoms. The van der Waals surface area contributed by atoms with E-state index in [4.69, 9.17) is 4.74 Å². The summed E-state index contributed by atoms with van der Waals surface area (Å²) < 4.78 is 29.4. The molecule has 0 heterocycles. The molecule has 148 valence electrons. The summed E-state index contributed by atoms with van der Waals surface area (Å²) in [6, 6.07) is 14.0. The van der Waals surface area contributed by atoms with E-state index >= 15 is 0 Å². The van der Waals surface area contributed by atoms with E-state index in [0.717, 1.165) is 0 Å². The van der Waals surface area contributed by atoms with Crippen molar-refractivity contribution in [3.8, 4) is 0 Å². The van der Waals surface area contributed by atoms with E-state index in [0.29, 0.717) is 11.3 Å². The first kappa shape index (κ1) is 21.3. The number of nitrogens with one attached hydrogen (secondary N) is 1. The number of anilines is 1. The van der Waals surface area contributed by atoms with Gasteiger partial charge in [-0.2, -0.15) is 0 Å². The molecule has 1 atom stereocenters. The Morgan fingerprint density at radius 3 is 2.18 bits per heavy atom. The van der Waals surface area contributed by atoms with Crippen LogP contribution in [-0.2, 0) is 24.2 Å². The number of carbonyl (C=O) groups excluding carboxylic acids is 3. The van der Waals surface area contributed by atoms with Crippen LogP contribution in [0.15, 0.2) is 59.5 Å². The highest BCUT2D eigenvalue weighted by Crippen LogP contribution is 2.14. The minimum Gasteiger partial charge on any atom is -0.454 e. The number of rotatable bonds is 8. The van der Waals surface area contributed by atoms with E-state index in [-0.39, 0.29) is 17.2 Å². The Kier molecular flexibility index (Phi) is 7.06. The number of carbonyl (C=O) groups is 3. The van der Waals surface area contributed by atoms with Gasteiger partial charge >= 0.3 is 5.97 Å². The fourth-order valence-electron chi connectivity index (χ4n) is 2.43. The maximum absolute atomic E-state index is 12.4. The molecule has 7 nitrogen and oxygen atoms in total. The summed E-state index contributed by atoms with van der Waals surface area (Å²) in [5.41, 5.74) is 0.853. The van der Waals surface area contributed by atoms with Gasteiger partial charge in [-0.05, 0) is 43.3 Å². The number of benzene rings is 2. The lowest BCUT2D eigenvalue weighted by Gasteiger charge is -2.13. The van der Waals surface area contributed by atoms with Crippen LogP contribution in [0.25, 0.3) is 0 Å². The number of esters is 1. The Bertz CT molecular complexity index is 952. The lowest BCUT2D eigenvalue weighted by atomic mass is 10.1. The Balaban J connectivity index is 1.91. The SMILES string of the molecule is CC(=O)Nc1ccc(C(=O)[C@H](C)OC(=O)CCS(=O)(=O)c2ccccc2)cc1. The van der Waals surface area contributed by atoms with Crippen LogP contribution in [0.2, 0.25) is 0 Å². The van der Waals surface area contributed by atoms with Crippen LogP contribution in [0.3, 0.4) is 0 Å². The molecule has 1 amide bonds. The summed E-state index contributed by atoms with van der Waals surface area (Å²) in [7, 11) is -3.60. The smallest absolute Gasteiger partial charge is 0.307 e. The highest BCUT2D eigenvalue weighted by molar-refractivity contribution is 7.91. The van der Waals surface area contributed by atoms with Crippen molar-refractivity contribution in [1.29, 1.82) is 0 Å². The lowest BCUT2D eigenvalue weighted by molar-refractivity contribution is -0.145. The van der Waals surface area contributed by atoms with Gasteiger partial charge in [0.05, 0.1) is 17.1 Å². The normalized spacial score (nSPS) is 12.1. The van der Waals surface area contributed by atoms with Crippen LogP contribution >= 0.6 is 0 Å². The third-order valence-corrected chi connectivity index (χ3v) is 5.58. The average molecular weight is 403 g/mol. The number of ether oxygens (including phenoxy) is 1. The van der Waals surface area contributed by atoms with Crippen molar-refractivity contribution in [2.45, 2.75) is 31.3 Å². The van der Waals surface area contributed by atoms with Gasteiger partial charge in [-0.3, -0.25) is 14.4 Å². The van der Waals surface area contributed by atoms with Gasteiger partial charge in [0.25, 0.3) is 0 Å². The van der Waals surface area contributed by atoms with E-state index in [1.54, 1.807) is 30.3 Å². The van der Waals surface area contributed by atoms with Crippen molar-refractivity contribution in [2.24, 2.45) is 0 Å². The van der Waals surface area contributed by atoms with E-state index in [9.17, 15) is 22.8 Å². The van der Waals surface area contributed by atoms with Gasteiger partial charge in [-0.1, -0.05) is 18.2 Å². The molecule has 0 saturated heterocycles. The fraction of sp³-hybridized carbons (Fsp3) is 0.250. The number of amides is 1. The van der Waals surface area contributed by atoms with Crippen molar-refractivity contribution in [2.75, 3.05) is 11.1 Å². The molecule has 0 fully saturated rings. The number of hydrogen-bond acceptors (Lipinski definition) is 6. The van der Waals surface area contributed by atoms with Gasteiger partial charge in [0.2, 0.25) is 11.7 Å². The van der Waals surface area contributed by atoms with Gasteiger partial charge in [-0.25, -0.2) is 8.42 Å². The van der Waals surface area contributed by atoms with Crippen molar-refractivity contribution < 1.29 is 27.5 Å². The molecule has 0 aliphatic rings. The Morgan fingerprint density at radius 2 is 1.61 bits per heavy atom. The van der Waals surface area contributed by atoms with Crippen molar-refractivity contribution >= 4 is 33.2 Å². The first-order chi connectivity index (χ1) is 13.2. The van der Waals surface area contributed by atoms with Crippen LogP contribution in [-0.4, -0.2) is 37.9 Å². The Labute approximate surface area is 163 Å². The van der Waals surface area contributed by atoms with Crippen LogP contribution in [0.5, 0.6) is 0 Å². The van der Waals surface area contributed by atoms with E-state index in [1.807, 2.05) is 0 Å². The molecule has 0 radical (unpaired) electrons. The third-order valence-electron chi connectivity index (χ3n) is 3.84. The molecule has 0 aromatic heterocycles. The molecule has 0 aliphatic heterocycles. The number of hydrogen-bond donors (Lipinski definition) is 1. The number of Topliss-reactive ketones (excluding diaryl/α,β-unsaturated/α-hetero) is 1. The highest BCUT2D eigenvalue weighted by atomic mass is 32.2. The van der Waals surface area contributed by atoms with Crippen molar-refractivity contribution in [3.05, 3.63) is 60.2 Å². The van der Waals surface area contributed by atoms with E-state index < -0.39 is 33.4 Å². The number of ketones is 1. The molecule has 0 unspecified atom stereocenters. The van der Waals surface area contributed by atoms with E-state index in [2.05, 4.69) is 5.32 Å². The molecule has 2 aromatic carbocycles. The zero-order chi connectivity index (χ0) is 20.7. The van der Waals surface area contributed by atoms with Gasteiger partial charge < -0.3 is 10.1 Å². The molecular weight excluding hydrogens is 382 g/mol. The molecule has 1 N–H and O–H groups in total. The first-order valence-corrected chi connectivity index (χ1v) is 10.2. The minimum absolute atomic E-state index is 0.131. The van der Waals surface area contributed by atoms with E-state index in [1.165, 1.54) is 38.1 Å².